The molecule has 9 heteroatoms. The van der Waals surface area contributed by atoms with E-state index in [2.05, 4.69) is 4.90 Å². The average Bonchev–Trinajstić information content (AvgIpc) is 2.86. The highest BCUT2D eigenvalue weighted by Gasteiger charge is 2.35. The predicted molar refractivity (Wildman–Crippen MR) is 130 cm³/mol. The number of carbonyl (C=O) groups excluding carboxylic acids is 1. The summed E-state index contributed by atoms with van der Waals surface area (Å²) in [6, 6.07) is 12.8. The van der Waals surface area contributed by atoms with Crippen molar-refractivity contribution in [3.63, 3.8) is 0 Å². The number of ether oxygens (including phenoxy) is 1. The fourth-order valence-electron chi connectivity index (χ4n) is 5.53. The molecule has 1 fully saturated rings. The minimum Gasteiger partial charge on any atom is -0.508 e. The molecule has 36 heavy (non-hydrogen) atoms. The van der Waals surface area contributed by atoms with Crippen LogP contribution in [0.25, 0.3) is 0 Å². The number of likely N-dealkylation sites (tertiary alicyclic amines) is 1. The van der Waals surface area contributed by atoms with E-state index in [1.807, 2.05) is 10.6 Å². The van der Waals surface area contributed by atoms with Crippen molar-refractivity contribution in [1.29, 1.82) is 0 Å². The summed E-state index contributed by atoms with van der Waals surface area (Å²) in [5, 5.41) is 20.3. The number of pyridine rings is 1. The molecule has 0 saturated carbocycles. The Bertz CT molecular complexity index is 1390. The van der Waals surface area contributed by atoms with Gasteiger partial charge in [-0.2, -0.15) is 0 Å². The number of hydrogen-bond donors (Lipinski definition) is 2. The van der Waals surface area contributed by atoms with E-state index in [-0.39, 0.29) is 29.4 Å². The highest BCUT2D eigenvalue weighted by atomic mass is 16.5. The smallest absolute Gasteiger partial charge is 0.306 e. The highest BCUT2D eigenvalue weighted by Crippen LogP contribution is 2.37. The maximum absolute atomic E-state index is 12.7. The van der Waals surface area contributed by atoms with Crippen LogP contribution in [0.1, 0.15) is 47.5 Å². The molecule has 0 radical (unpaired) electrons. The maximum Gasteiger partial charge on any atom is 0.306 e. The number of aromatic nitrogens is 1. The molecule has 2 aliphatic rings. The van der Waals surface area contributed by atoms with E-state index < -0.39 is 23.1 Å². The molecule has 3 atom stereocenters. The molecule has 0 spiro atoms. The van der Waals surface area contributed by atoms with E-state index >= 15 is 0 Å². The van der Waals surface area contributed by atoms with E-state index in [1.54, 1.807) is 24.3 Å². The van der Waals surface area contributed by atoms with Gasteiger partial charge in [0, 0.05) is 43.4 Å². The molecule has 1 aromatic carbocycles. The average molecular weight is 493 g/mol. The first-order valence-corrected chi connectivity index (χ1v) is 12.0. The molecule has 2 N–H and O–H groups in total. The Morgan fingerprint density at radius 3 is 2.64 bits per heavy atom. The highest BCUT2D eigenvalue weighted by molar-refractivity contribution is 5.71. The Hall–Kier alpha value is -3.85. The van der Waals surface area contributed by atoms with Crippen molar-refractivity contribution >= 4 is 5.97 Å². The van der Waals surface area contributed by atoms with E-state index in [4.69, 9.17) is 9.15 Å². The van der Waals surface area contributed by atoms with Crippen molar-refractivity contribution in [2.75, 3.05) is 20.2 Å². The third-order valence-corrected chi connectivity index (χ3v) is 7.15. The van der Waals surface area contributed by atoms with Crippen molar-refractivity contribution in [2.24, 2.45) is 5.92 Å². The molecule has 9 nitrogen and oxygen atoms in total. The number of carbonyl (C=O) groups is 1. The summed E-state index contributed by atoms with van der Waals surface area (Å²) in [5.41, 5.74) is 1.05. The lowest BCUT2D eigenvalue weighted by atomic mass is 9.83. The molecule has 0 amide bonds. The number of methoxy groups -OCH3 is 1. The lowest BCUT2D eigenvalue weighted by Gasteiger charge is -2.42. The first kappa shape index (κ1) is 23.9. The molecular weight excluding hydrogens is 464 g/mol. The van der Waals surface area contributed by atoms with E-state index in [9.17, 15) is 24.6 Å². The summed E-state index contributed by atoms with van der Waals surface area (Å²) in [7, 11) is 1.27. The largest absolute Gasteiger partial charge is 0.508 e. The predicted octanol–water partition coefficient (Wildman–Crippen LogP) is 2.53. The van der Waals surface area contributed by atoms with Gasteiger partial charge in [0.1, 0.15) is 11.5 Å². The normalized spacial score (nSPS) is 19.9. The Labute approximate surface area is 207 Å². The van der Waals surface area contributed by atoms with Gasteiger partial charge in [0.15, 0.2) is 5.76 Å². The Morgan fingerprint density at radius 2 is 1.89 bits per heavy atom. The van der Waals surface area contributed by atoms with Gasteiger partial charge < -0.3 is 23.9 Å². The van der Waals surface area contributed by atoms with Gasteiger partial charge in [0.2, 0.25) is 11.2 Å². The van der Waals surface area contributed by atoms with Gasteiger partial charge in [-0.1, -0.05) is 18.2 Å². The zero-order valence-corrected chi connectivity index (χ0v) is 19.9. The first-order chi connectivity index (χ1) is 17.3. The molecule has 0 aliphatic carbocycles. The van der Waals surface area contributed by atoms with E-state index in [1.165, 1.54) is 25.3 Å². The second-order valence-corrected chi connectivity index (χ2v) is 9.61. The molecule has 0 unspecified atom stereocenters. The quantitative estimate of drug-likeness (QED) is 0.504. The van der Waals surface area contributed by atoms with Gasteiger partial charge in [-0.05, 0) is 36.1 Å². The van der Waals surface area contributed by atoms with E-state index in [0.717, 1.165) is 18.7 Å². The standard InChI is InChI=1S/C27H28N2O7/c1-35-25(33)11-21(17-5-7-19(30)8-6-17)27-26(34)23(31)10-20(36-27)15-28-12-16-9-18(14-28)22-3-2-4-24(32)29(22)13-16/h2-8,10,16,18,21,30,34H,9,11-15H2,1H3/t16-,18+,21+/m1/s1. The molecular formula is C27H28N2O7. The molecule has 2 aliphatic heterocycles. The van der Waals surface area contributed by atoms with Crippen molar-refractivity contribution in [1.82, 2.24) is 9.47 Å². The second kappa shape index (κ2) is 9.66. The number of rotatable bonds is 6. The minimum atomic E-state index is -0.773. The van der Waals surface area contributed by atoms with Crippen molar-refractivity contribution < 1.29 is 24.2 Å². The Morgan fingerprint density at radius 1 is 1.11 bits per heavy atom. The molecule has 5 rings (SSSR count). The number of aromatic hydroxyl groups is 2. The lowest BCUT2D eigenvalue weighted by molar-refractivity contribution is -0.140. The van der Waals surface area contributed by atoms with Crippen molar-refractivity contribution in [3.8, 4) is 11.5 Å². The summed E-state index contributed by atoms with van der Waals surface area (Å²) in [6.45, 7) is 2.48. The first-order valence-electron chi connectivity index (χ1n) is 12.0. The molecule has 188 valence electrons. The number of phenolic OH excluding ortho intramolecular Hbond substituents is 1. The van der Waals surface area contributed by atoms with Crippen LogP contribution in [0.3, 0.4) is 0 Å². The van der Waals surface area contributed by atoms with Crippen LogP contribution in [0.4, 0.5) is 0 Å². The third-order valence-electron chi connectivity index (χ3n) is 7.15. The molecule has 4 heterocycles. The number of piperidine rings is 1. The number of nitrogens with zero attached hydrogens (tertiary/aromatic N) is 2. The number of benzene rings is 1. The summed E-state index contributed by atoms with van der Waals surface area (Å²) in [6.07, 6.45) is 0.855. The van der Waals surface area contributed by atoms with E-state index in [0.29, 0.717) is 36.9 Å². The minimum absolute atomic E-state index is 0.0114. The van der Waals surface area contributed by atoms with Gasteiger partial charge >= 0.3 is 5.97 Å². The summed E-state index contributed by atoms with van der Waals surface area (Å²) in [5.74, 6) is -0.917. The molecule has 2 aromatic heterocycles. The topological polar surface area (TPSA) is 122 Å². The van der Waals surface area contributed by atoms with Crippen LogP contribution in [0.5, 0.6) is 11.5 Å². The summed E-state index contributed by atoms with van der Waals surface area (Å²) in [4.78, 5) is 39.4. The van der Waals surface area contributed by atoms with Crippen LogP contribution >= 0.6 is 0 Å². The third kappa shape index (κ3) is 4.66. The number of phenols is 1. The maximum atomic E-state index is 12.7. The van der Waals surface area contributed by atoms with Crippen LogP contribution in [0, 0.1) is 5.92 Å². The Kier molecular flexibility index (Phi) is 6.40. The number of fused-ring (bicyclic) bond motifs is 4. The zero-order valence-electron chi connectivity index (χ0n) is 19.9. The van der Waals surface area contributed by atoms with Gasteiger partial charge in [-0.15, -0.1) is 0 Å². The van der Waals surface area contributed by atoms with Gasteiger partial charge in [-0.3, -0.25) is 19.3 Å². The van der Waals surface area contributed by atoms with Crippen LogP contribution < -0.4 is 11.0 Å². The van der Waals surface area contributed by atoms with Gasteiger partial charge in [-0.25, -0.2) is 0 Å². The monoisotopic (exact) mass is 492 g/mol. The number of hydrogen-bond acceptors (Lipinski definition) is 8. The Balaban J connectivity index is 1.44. The van der Waals surface area contributed by atoms with Crippen LogP contribution in [0.2, 0.25) is 0 Å². The summed E-state index contributed by atoms with van der Waals surface area (Å²) >= 11 is 0. The van der Waals surface area contributed by atoms with Crippen LogP contribution in [-0.2, 0) is 22.6 Å². The summed E-state index contributed by atoms with van der Waals surface area (Å²) < 4.78 is 12.8. The van der Waals surface area contributed by atoms with Crippen LogP contribution in [-0.4, -0.2) is 45.8 Å². The second-order valence-electron chi connectivity index (χ2n) is 9.61. The van der Waals surface area contributed by atoms with Gasteiger partial charge in [0.25, 0.3) is 5.56 Å². The fraction of sp³-hybridized carbons (Fsp3) is 0.370. The lowest BCUT2D eigenvalue weighted by Crippen LogP contribution is -2.46. The van der Waals surface area contributed by atoms with Crippen molar-refractivity contribution in [2.45, 2.75) is 37.8 Å². The molecule has 1 saturated heterocycles. The SMILES string of the molecule is COC(=O)C[C@@H](c1ccc(O)cc1)c1oc(CN2C[C@H]3C[C@@H](C2)c2cccc(=O)n2C3)cc(=O)c1O. The van der Waals surface area contributed by atoms with Crippen molar-refractivity contribution in [3.05, 3.63) is 91.9 Å². The van der Waals surface area contributed by atoms with Crippen LogP contribution in [0.15, 0.2) is 62.5 Å². The number of esters is 1. The molecule has 3 aromatic rings. The molecule has 2 bridgehead atoms. The zero-order chi connectivity index (χ0) is 25.4. The fourth-order valence-corrected chi connectivity index (χ4v) is 5.53. The van der Waals surface area contributed by atoms with Gasteiger partial charge in [0.05, 0.1) is 26.0 Å².